The van der Waals surface area contributed by atoms with E-state index in [1.54, 1.807) is 29.2 Å². The zero-order valence-electron chi connectivity index (χ0n) is 18.6. The lowest BCUT2D eigenvalue weighted by atomic mass is 10.1. The van der Waals surface area contributed by atoms with E-state index in [4.69, 9.17) is 11.6 Å². The van der Waals surface area contributed by atoms with Gasteiger partial charge in [-0.25, -0.2) is 9.97 Å². The summed E-state index contributed by atoms with van der Waals surface area (Å²) < 4.78 is 1.72. The molecule has 0 bridgehead atoms. The number of phenols is 1. The Kier molecular flexibility index (Phi) is 6.15. The quantitative estimate of drug-likeness (QED) is 0.377. The Hall–Kier alpha value is -3.16. The monoisotopic (exact) mass is 462 g/mol. The lowest BCUT2D eigenvalue weighted by Gasteiger charge is -2.10. The van der Waals surface area contributed by atoms with E-state index in [1.807, 2.05) is 25.4 Å². The number of hydrogen-bond acceptors (Lipinski definition) is 6. The zero-order valence-corrected chi connectivity index (χ0v) is 19.3. The highest BCUT2D eigenvalue weighted by molar-refractivity contribution is 6.35. The summed E-state index contributed by atoms with van der Waals surface area (Å²) in [5.41, 5.74) is 4.43. The molecule has 6 rings (SSSR count). The van der Waals surface area contributed by atoms with E-state index in [0.717, 1.165) is 22.0 Å². The highest BCUT2D eigenvalue weighted by Crippen LogP contribution is 2.42. The molecule has 0 atom stereocenters. The molecule has 1 aliphatic carbocycles. The number of benzene rings is 2. The van der Waals surface area contributed by atoms with Gasteiger partial charge in [0.15, 0.2) is 0 Å². The molecular weight excluding hydrogens is 436 g/mol. The van der Waals surface area contributed by atoms with Crippen molar-refractivity contribution in [3.05, 3.63) is 59.5 Å². The number of hydrogen-bond donors (Lipinski definition) is 3. The minimum absolute atomic E-state index is 0.150. The van der Waals surface area contributed by atoms with Gasteiger partial charge in [-0.3, -0.25) is 4.68 Å². The minimum Gasteiger partial charge on any atom is -0.508 e. The van der Waals surface area contributed by atoms with Crippen LogP contribution >= 0.6 is 11.6 Å². The molecule has 3 N–H and O–H groups in total. The Morgan fingerprint density at radius 1 is 1.06 bits per heavy atom. The molecule has 2 fully saturated rings. The van der Waals surface area contributed by atoms with Crippen LogP contribution in [-0.4, -0.2) is 37.9 Å². The van der Waals surface area contributed by atoms with Crippen molar-refractivity contribution in [1.82, 2.24) is 25.1 Å². The summed E-state index contributed by atoms with van der Waals surface area (Å²) in [5, 5.41) is 22.3. The van der Waals surface area contributed by atoms with Gasteiger partial charge in [-0.15, -0.1) is 0 Å². The first-order valence-corrected chi connectivity index (χ1v) is 11.7. The van der Waals surface area contributed by atoms with E-state index in [1.165, 1.54) is 44.3 Å². The van der Waals surface area contributed by atoms with Crippen molar-refractivity contribution in [2.45, 2.75) is 31.6 Å². The predicted molar refractivity (Wildman–Crippen MR) is 132 cm³/mol. The molecule has 0 radical (unpaired) electrons. The van der Waals surface area contributed by atoms with Gasteiger partial charge in [0.05, 0.1) is 16.7 Å². The van der Waals surface area contributed by atoms with Crippen molar-refractivity contribution in [3.8, 4) is 16.9 Å². The topological polar surface area (TPSA) is 87.9 Å². The van der Waals surface area contributed by atoms with Crippen LogP contribution in [0.25, 0.3) is 22.0 Å². The first kappa shape index (κ1) is 21.7. The highest BCUT2D eigenvalue weighted by atomic mass is 35.5. The van der Waals surface area contributed by atoms with Crippen molar-refractivity contribution in [1.29, 1.82) is 0 Å². The Bertz CT molecular complexity index is 1270. The van der Waals surface area contributed by atoms with Gasteiger partial charge in [-0.2, -0.15) is 5.10 Å². The fraction of sp³-hybridized carbons (Fsp3) is 0.320. The SMILES string of the molecule is C1CCNC1.Cn1cc(-c2cc(O)cc(Nc3ncc4cc(C5CC5)cc(Cl)c4n3)c2)cn1. The van der Waals surface area contributed by atoms with Crippen molar-refractivity contribution in [3.63, 3.8) is 0 Å². The van der Waals surface area contributed by atoms with Crippen LogP contribution in [0.15, 0.2) is 48.9 Å². The molecule has 2 aromatic carbocycles. The average molecular weight is 463 g/mol. The Balaban J connectivity index is 0.000000406. The molecule has 7 nitrogen and oxygen atoms in total. The molecule has 1 saturated carbocycles. The number of anilines is 2. The second-order valence-electron chi connectivity index (χ2n) is 8.66. The summed E-state index contributed by atoms with van der Waals surface area (Å²) in [6.07, 6.45) is 10.6. The third kappa shape index (κ3) is 5.26. The smallest absolute Gasteiger partial charge is 0.227 e. The maximum atomic E-state index is 10.1. The van der Waals surface area contributed by atoms with Gasteiger partial charge in [0, 0.05) is 42.1 Å². The molecule has 3 heterocycles. The number of nitrogens with zero attached hydrogens (tertiary/aromatic N) is 4. The Labute approximate surface area is 197 Å². The molecule has 0 amide bonds. The molecule has 1 saturated heterocycles. The Morgan fingerprint density at radius 3 is 2.55 bits per heavy atom. The van der Waals surface area contributed by atoms with Crippen molar-refractivity contribution in [2.24, 2.45) is 7.05 Å². The standard InChI is InChI=1S/C21H18ClN5O.C4H9N/c1-27-11-16(10-24-27)14-5-17(8-18(28)6-14)25-21-23-9-15-4-13(12-2-3-12)7-19(22)20(15)26-21;1-2-4-5-3-1/h4-12,28H,2-3H2,1H3,(H,23,25,26);5H,1-4H2. The van der Waals surface area contributed by atoms with Crippen LogP contribution in [0.5, 0.6) is 5.75 Å². The van der Waals surface area contributed by atoms with Crippen molar-refractivity contribution in [2.75, 3.05) is 18.4 Å². The van der Waals surface area contributed by atoms with Crippen molar-refractivity contribution >= 4 is 34.1 Å². The maximum Gasteiger partial charge on any atom is 0.227 e. The number of rotatable bonds is 4. The van der Waals surface area contributed by atoms with Gasteiger partial charge in [0.25, 0.3) is 0 Å². The highest BCUT2D eigenvalue weighted by Gasteiger charge is 2.24. The molecule has 8 heteroatoms. The van der Waals surface area contributed by atoms with Crippen LogP contribution in [0.4, 0.5) is 11.6 Å². The van der Waals surface area contributed by atoms with Gasteiger partial charge in [0.1, 0.15) is 5.75 Å². The van der Waals surface area contributed by atoms with Crippen LogP contribution in [0, 0.1) is 0 Å². The maximum absolute atomic E-state index is 10.1. The number of fused-ring (bicyclic) bond motifs is 1. The molecule has 2 aromatic heterocycles. The van der Waals surface area contributed by atoms with E-state index in [-0.39, 0.29) is 5.75 Å². The fourth-order valence-corrected chi connectivity index (χ4v) is 4.29. The first-order chi connectivity index (χ1) is 16.0. The van der Waals surface area contributed by atoms with Gasteiger partial charge >= 0.3 is 0 Å². The normalized spacial score (nSPS) is 15.3. The van der Waals surface area contributed by atoms with E-state index in [9.17, 15) is 5.11 Å². The second-order valence-corrected chi connectivity index (χ2v) is 9.07. The zero-order chi connectivity index (χ0) is 22.8. The number of phenolic OH excluding ortho intramolecular Hbond substituents is 1. The van der Waals surface area contributed by atoms with E-state index < -0.39 is 0 Å². The molecule has 170 valence electrons. The molecule has 0 unspecified atom stereocenters. The van der Waals surface area contributed by atoms with Crippen LogP contribution in [-0.2, 0) is 7.05 Å². The summed E-state index contributed by atoms with van der Waals surface area (Å²) in [7, 11) is 1.85. The van der Waals surface area contributed by atoms with Crippen LogP contribution in [0.1, 0.15) is 37.2 Å². The number of nitrogens with one attached hydrogen (secondary N) is 2. The minimum atomic E-state index is 0.150. The largest absolute Gasteiger partial charge is 0.508 e. The van der Waals surface area contributed by atoms with E-state index >= 15 is 0 Å². The number of aromatic hydroxyl groups is 1. The molecule has 1 aliphatic heterocycles. The number of aromatic nitrogens is 4. The third-order valence-corrected chi connectivity index (χ3v) is 6.16. The number of aryl methyl sites for hydroxylation is 1. The van der Waals surface area contributed by atoms with Gasteiger partial charge in [0.2, 0.25) is 5.95 Å². The lowest BCUT2D eigenvalue weighted by Crippen LogP contribution is -2.03. The summed E-state index contributed by atoms with van der Waals surface area (Å²) >= 11 is 6.47. The molecule has 0 spiro atoms. The second kappa shape index (κ2) is 9.37. The average Bonchev–Trinajstić information content (AvgIpc) is 3.26. The summed E-state index contributed by atoms with van der Waals surface area (Å²) in [5.74, 6) is 1.20. The van der Waals surface area contributed by atoms with Crippen LogP contribution in [0.2, 0.25) is 5.02 Å². The molecule has 4 aromatic rings. The fourth-order valence-electron chi connectivity index (χ4n) is 4.01. The summed E-state index contributed by atoms with van der Waals surface area (Å²) in [6, 6.07) is 9.37. The van der Waals surface area contributed by atoms with E-state index in [2.05, 4.69) is 31.8 Å². The first-order valence-electron chi connectivity index (χ1n) is 11.3. The van der Waals surface area contributed by atoms with E-state index in [0.29, 0.717) is 22.6 Å². The van der Waals surface area contributed by atoms with Crippen LogP contribution in [0.3, 0.4) is 0 Å². The number of halogens is 1. The molecule has 2 aliphatic rings. The van der Waals surface area contributed by atoms with Gasteiger partial charge in [-0.1, -0.05) is 11.6 Å². The molecule has 33 heavy (non-hydrogen) atoms. The summed E-state index contributed by atoms with van der Waals surface area (Å²) in [4.78, 5) is 9.00. The van der Waals surface area contributed by atoms with Crippen molar-refractivity contribution < 1.29 is 5.11 Å². The third-order valence-electron chi connectivity index (χ3n) is 5.88. The van der Waals surface area contributed by atoms with Crippen LogP contribution < -0.4 is 10.6 Å². The van der Waals surface area contributed by atoms with Gasteiger partial charge < -0.3 is 15.7 Å². The Morgan fingerprint density at radius 2 is 1.88 bits per heavy atom. The predicted octanol–water partition coefficient (Wildman–Crippen LogP) is 5.38. The lowest BCUT2D eigenvalue weighted by molar-refractivity contribution is 0.476. The van der Waals surface area contributed by atoms with Gasteiger partial charge in [-0.05, 0) is 80.1 Å². The summed E-state index contributed by atoms with van der Waals surface area (Å²) in [6.45, 7) is 2.50. The molecular formula is C25H27ClN6O.